The van der Waals surface area contributed by atoms with E-state index in [0.717, 1.165) is 32.5 Å². The number of anilines is 1. The summed E-state index contributed by atoms with van der Waals surface area (Å²) < 4.78 is 28.7. The zero-order chi connectivity index (χ0) is 15.0. The fourth-order valence-corrected chi connectivity index (χ4v) is 3.78. The summed E-state index contributed by atoms with van der Waals surface area (Å²) >= 11 is 0. The van der Waals surface area contributed by atoms with E-state index in [1.807, 2.05) is 4.90 Å². The van der Waals surface area contributed by atoms with E-state index in [-0.39, 0.29) is 11.7 Å². The highest BCUT2D eigenvalue weighted by atomic mass is 19.1. The Labute approximate surface area is 125 Å². The van der Waals surface area contributed by atoms with E-state index in [0.29, 0.717) is 11.6 Å². The number of piperazine rings is 1. The maximum Gasteiger partial charge on any atom is 0.152 e. The molecule has 3 rings (SSSR count). The van der Waals surface area contributed by atoms with Crippen molar-refractivity contribution in [1.82, 2.24) is 4.90 Å². The third-order valence-electron chi connectivity index (χ3n) is 5.06. The van der Waals surface area contributed by atoms with Crippen LogP contribution in [0.15, 0.2) is 12.1 Å². The molecule has 0 radical (unpaired) electrons. The summed E-state index contributed by atoms with van der Waals surface area (Å²) in [5.41, 5.74) is 0.708. The smallest absolute Gasteiger partial charge is 0.152 e. The van der Waals surface area contributed by atoms with Gasteiger partial charge in [-0.3, -0.25) is 4.90 Å². The zero-order valence-electron chi connectivity index (χ0n) is 12.9. The van der Waals surface area contributed by atoms with Crippen molar-refractivity contribution >= 4 is 5.69 Å². The van der Waals surface area contributed by atoms with Crippen LogP contribution in [0.5, 0.6) is 0 Å². The summed E-state index contributed by atoms with van der Waals surface area (Å²) in [4.78, 5) is 4.50. The van der Waals surface area contributed by atoms with Gasteiger partial charge in [-0.2, -0.15) is 0 Å². The number of nitrogens with zero attached hydrogens (tertiary/aromatic N) is 2. The second-order valence-corrected chi connectivity index (χ2v) is 6.39. The quantitative estimate of drug-likeness (QED) is 0.820. The number of benzene rings is 1. The van der Waals surface area contributed by atoms with Gasteiger partial charge in [0.1, 0.15) is 11.5 Å². The monoisotopic (exact) mass is 294 g/mol. The molecule has 2 saturated heterocycles. The third kappa shape index (κ3) is 2.66. The summed E-state index contributed by atoms with van der Waals surface area (Å²) in [6.45, 7) is 6.61. The lowest BCUT2D eigenvalue weighted by molar-refractivity contribution is 0.110. The maximum absolute atomic E-state index is 14.5. The molecule has 0 N–H and O–H groups in total. The largest absolute Gasteiger partial charge is 0.361 e. The lowest BCUT2D eigenvalue weighted by Crippen LogP contribution is -2.60. The van der Waals surface area contributed by atoms with Gasteiger partial charge in [-0.15, -0.1) is 0 Å². The number of aryl methyl sites for hydroxylation is 1. The number of hydrogen-bond donors (Lipinski definition) is 0. The normalized spacial score (nSPS) is 26.8. The molecule has 1 aromatic carbocycles. The van der Waals surface area contributed by atoms with Crippen molar-refractivity contribution in [3.05, 3.63) is 29.3 Å². The second kappa shape index (κ2) is 5.91. The lowest BCUT2D eigenvalue weighted by Gasteiger charge is -2.49. The van der Waals surface area contributed by atoms with E-state index < -0.39 is 11.6 Å². The van der Waals surface area contributed by atoms with Crippen LogP contribution < -0.4 is 4.90 Å². The number of hydrogen-bond acceptors (Lipinski definition) is 2. The minimum Gasteiger partial charge on any atom is -0.361 e. The molecule has 2 aliphatic heterocycles. The molecule has 4 heteroatoms. The molecule has 0 aliphatic carbocycles. The van der Waals surface area contributed by atoms with Crippen LogP contribution in [0.2, 0.25) is 0 Å². The van der Waals surface area contributed by atoms with E-state index >= 15 is 0 Å². The molecule has 2 atom stereocenters. The molecule has 116 valence electrons. The van der Waals surface area contributed by atoms with Crippen LogP contribution in [-0.2, 0) is 0 Å². The van der Waals surface area contributed by atoms with Gasteiger partial charge in [0.05, 0.1) is 0 Å². The Balaban J connectivity index is 1.94. The SMILES string of the molecule is CCC1CN2CCCCC2CN1c1c(F)ccc(C)c1F. The molecular formula is C17H24F2N2. The van der Waals surface area contributed by atoms with Crippen molar-refractivity contribution in [1.29, 1.82) is 0 Å². The van der Waals surface area contributed by atoms with Crippen LogP contribution in [0.3, 0.4) is 0 Å². The van der Waals surface area contributed by atoms with Crippen molar-refractivity contribution in [2.75, 3.05) is 24.5 Å². The standard InChI is InChI=1S/C17H24F2N2/c1-3-13-10-20-9-5-4-6-14(20)11-21(13)17-15(18)8-7-12(2)16(17)19/h7-8,13-14H,3-6,9-11H2,1-2H3. The summed E-state index contributed by atoms with van der Waals surface area (Å²) in [5, 5.41) is 0. The highest BCUT2D eigenvalue weighted by molar-refractivity contribution is 5.53. The topological polar surface area (TPSA) is 6.48 Å². The van der Waals surface area contributed by atoms with Gasteiger partial charge in [0.25, 0.3) is 0 Å². The number of halogens is 2. The zero-order valence-corrected chi connectivity index (χ0v) is 12.9. The minimum atomic E-state index is -0.430. The molecular weight excluding hydrogens is 270 g/mol. The fourth-order valence-electron chi connectivity index (χ4n) is 3.78. The van der Waals surface area contributed by atoms with Crippen LogP contribution in [-0.4, -0.2) is 36.6 Å². The molecule has 2 heterocycles. The van der Waals surface area contributed by atoms with Crippen molar-refractivity contribution in [3.63, 3.8) is 0 Å². The van der Waals surface area contributed by atoms with Crippen LogP contribution in [0.25, 0.3) is 0 Å². The summed E-state index contributed by atoms with van der Waals surface area (Å²) in [6, 6.07) is 3.56. The van der Waals surface area contributed by atoms with Gasteiger partial charge in [0, 0.05) is 25.2 Å². The Morgan fingerprint density at radius 2 is 2.00 bits per heavy atom. The second-order valence-electron chi connectivity index (χ2n) is 6.39. The summed E-state index contributed by atoms with van der Waals surface area (Å²) in [7, 11) is 0. The Kier molecular flexibility index (Phi) is 4.16. The first-order valence-corrected chi connectivity index (χ1v) is 8.07. The van der Waals surface area contributed by atoms with Crippen molar-refractivity contribution in [2.24, 2.45) is 0 Å². The lowest BCUT2D eigenvalue weighted by atomic mass is 9.95. The highest BCUT2D eigenvalue weighted by Gasteiger charge is 2.36. The molecule has 0 amide bonds. The van der Waals surface area contributed by atoms with E-state index in [1.165, 1.54) is 25.0 Å². The fraction of sp³-hybridized carbons (Fsp3) is 0.647. The molecule has 0 spiro atoms. The number of fused-ring (bicyclic) bond motifs is 1. The first-order chi connectivity index (χ1) is 10.1. The Bertz CT molecular complexity index is 518. The molecule has 2 aliphatic rings. The van der Waals surface area contributed by atoms with Gasteiger partial charge >= 0.3 is 0 Å². The molecule has 2 fully saturated rings. The first kappa shape index (κ1) is 14.8. The molecule has 0 saturated carbocycles. The van der Waals surface area contributed by atoms with Crippen LogP contribution >= 0.6 is 0 Å². The molecule has 2 nitrogen and oxygen atoms in total. The van der Waals surface area contributed by atoms with Crippen molar-refractivity contribution in [2.45, 2.75) is 51.6 Å². The Morgan fingerprint density at radius 3 is 2.76 bits per heavy atom. The number of rotatable bonds is 2. The van der Waals surface area contributed by atoms with E-state index in [4.69, 9.17) is 0 Å². The van der Waals surface area contributed by atoms with Crippen LogP contribution in [0.4, 0.5) is 14.5 Å². The summed E-state index contributed by atoms with van der Waals surface area (Å²) in [6.07, 6.45) is 4.53. The molecule has 0 aromatic heterocycles. The third-order valence-corrected chi connectivity index (χ3v) is 5.06. The Morgan fingerprint density at radius 1 is 1.19 bits per heavy atom. The van der Waals surface area contributed by atoms with Crippen LogP contribution in [0, 0.1) is 18.6 Å². The van der Waals surface area contributed by atoms with Gasteiger partial charge in [0.15, 0.2) is 5.82 Å². The van der Waals surface area contributed by atoms with E-state index in [1.54, 1.807) is 6.92 Å². The van der Waals surface area contributed by atoms with Gasteiger partial charge < -0.3 is 4.90 Å². The van der Waals surface area contributed by atoms with Gasteiger partial charge in [-0.05, 0) is 44.4 Å². The average Bonchev–Trinajstić information content (AvgIpc) is 2.50. The first-order valence-electron chi connectivity index (χ1n) is 8.07. The van der Waals surface area contributed by atoms with E-state index in [9.17, 15) is 8.78 Å². The van der Waals surface area contributed by atoms with Gasteiger partial charge in [-0.25, -0.2) is 8.78 Å². The average molecular weight is 294 g/mol. The van der Waals surface area contributed by atoms with Crippen molar-refractivity contribution < 1.29 is 8.78 Å². The van der Waals surface area contributed by atoms with Gasteiger partial charge in [0.2, 0.25) is 0 Å². The molecule has 21 heavy (non-hydrogen) atoms. The van der Waals surface area contributed by atoms with Crippen molar-refractivity contribution in [3.8, 4) is 0 Å². The Hall–Kier alpha value is -1.16. The molecule has 2 unspecified atom stereocenters. The molecule has 0 bridgehead atoms. The minimum absolute atomic E-state index is 0.187. The predicted octanol–water partition coefficient (Wildman–Crippen LogP) is 3.73. The number of piperidine rings is 1. The maximum atomic E-state index is 14.5. The van der Waals surface area contributed by atoms with Crippen LogP contribution in [0.1, 0.15) is 38.2 Å². The predicted molar refractivity (Wildman–Crippen MR) is 81.7 cm³/mol. The molecule has 1 aromatic rings. The van der Waals surface area contributed by atoms with Gasteiger partial charge in [-0.1, -0.05) is 19.4 Å². The van der Waals surface area contributed by atoms with E-state index in [2.05, 4.69) is 11.8 Å². The summed E-state index contributed by atoms with van der Waals surface area (Å²) in [5.74, 6) is -0.821. The highest BCUT2D eigenvalue weighted by Crippen LogP contribution is 2.33.